The van der Waals surface area contributed by atoms with E-state index in [0.717, 1.165) is 30.7 Å². The van der Waals surface area contributed by atoms with E-state index in [0.29, 0.717) is 31.3 Å². The Balaban J connectivity index is 1.61. The van der Waals surface area contributed by atoms with Gasteiger partial charge in [0, 0.05) is 38.2 Å². The molecule has 1 N–H and O–H groups in total. The molecule has 1 fully saturated rings. The Morgan fingerprint density at radius 2 is 2.19 bits per heavy atom. The van der Waals surface area contributed by atoms with Gasteiger partial charge in [-0.3, -0.25) is 4.98 Å². The Bertz CT molecular complexity index is 696. The Morgan fingerprint density at radius 3 is 2.85 bits per heavy atom. The number of urea groups is 1. The van der Waals surface area contributed by atoms with Crippen molar-refractivity contribution in [2.45, 2.75) is 51.8 Å². The monoisotopic (exact) mass is 358 g/mol. The van der Waals surface area contributed by atoms with E-state index in [-0.39, 0.29) is 12.1 Å². The molecule has 3 heterocycles. The number of hydrogen-bond donors (Lipinski definition) is 1. The first kappa shape index (κ1) is 18.4. The minimum Gasteiger partial charge on any atom is -0.376 e. The number of hydrogen-bond acceptors (Lipinski definition) is 5. The Labute approximate surface area is 153 Å². The van der Waals surface area contributed by atoms with Crippen LogP contribution in [0.1, 0.15) is 49.6 Å². The van der Waals surface area contributed by atoms with Crippen molar-refractivity contribution >= 4 is 6.03 Å². The molecule has 2 amide bonds. The highest BCUT2D eigenvalue weighted by molar-refractivity contribution is 5.74. The van der Waals surface area contributed by atoms with Crippen molar-refractivity contribution in [2.24, 2.45) is 0 Å². The van der Waals surface area contributed by atoms with Crippen molar-refractivity contribution in [3.8, 4) is 0 Å². The van der Waals surface area contributed by atoms with Gasteiger partial charge in [-0.05, 0) is 36.5 Å². The maximum atomic E-state index is 12.7. The summed E-state index contributed by atoms with van der Waals surface area (Å²) < 4.78 is 11.0. The fourth-order valence-electron chi connectivity index (χ4n) is 2.92. The summed E-state index contributed by atoms with van der Waals surface area (Å²) in [5, 5.41) is 6.95. The molecule has 3 rings (SSSR count). The van der Waals surface area contributed by atoms with Crippen LogP contribution in [-0.4, -0.2) is 40.3 Å². The summed E-state index contributed by atoms with van der Waals surface area (Å²) in [6.45, 7) is 6.28. The summed E-state index contributed by atoms with van der Waals surface area (Å²) in [6, 6.07) is 5.58. The van der Waals surface area contributed by atoms with Gasteiger partial charge in [0.25, 0.3) is 0 Å². The molecule has 0 bridgehead atoms. The zero-order valence-corrected chi connectivity index (χ0v) is 15.4. The highest BCUT2D eigenvalue weighted by atomic mass is 16.5. The predicted molar refractivity (Wildman–Crippen MR) is 96.4 cm³/mol. The largest absolute Gasteiger partial charge is 0.376 e. The van der Waals surface area contributed by atoms with Gasteiger partial charge >= 0.3 is 6.03 Å². The molecule has 1 unspecified atom stereocenters. The molecule has 0 spiro atoms. The number of amides is 2. The number of ether oxygens (including phenoxy) is 1. The van der Waals surface area contributed by atoms with Crippen LogP contribution in [0.25, 0.3) is 0 Å². The number of nitrogens with zero attached hydrogens (tertiary/aromatic N) is 3. The molecule has 2 aromatic heterocycles. The average molecular weight is 358 g/mol. The molecule has 1 aliphatic heterocycles. The lowest BCUT2D eigenvalue weighted by Crippen LogP contribution is -2.43. The van der Waals surface area contributed by atoms with E-state index >= 15 is 0 Å². The van der Waals surface area contributed by atoms with Crippen LogP contribution in [0, 0.1) is 0 Å². The van der Waals surface area contributed by atoms with Gasteiger partial charge in [-0.25, -0.2) is 4.79 Å². The molecule has 7 nitrogen and oxygen atoms in total. The molecule has 26 heavy (non-hydrogen) atoms. The molecule has 0 radical (unpaired) electrons. The summed E-state index contributed by atoms with van der Waals surface area (Å²) >= 11 is 0. The lowest BCUT2D eigenvalue weighted by atomic mass is 10.1. The summed E-state index contributed by atoms with van der Waals surface area (Å²) in [6.07, 6.45) is 5.60. The Kier molecular flexibility index (Phi) is 6.22. The van der Waals surface area contributed by atoms with E-state index in [9.17, 15) is 4.79 Å². The zero-order valence-electron chi connectivity index (χ0n) is 15.4. The fraction of sp³-hybridized carbons (Fsp3) is 0.526. The van der Waals surface area contributed by atoms with Gasteiger partial charge < -0.3 is 19.5 Å². The SMILES string of the molecule is CC(C)c1cc(CNC(=O)N(Cc2ccncc2)CC2CCCO2)on1. The first-order valence-electron chi connectivity index (χ1n) is 9.10. The molecule has 140 valence electrons. The van der Waals surface area contributed by atoms with Crippen LogP contribution >= 0.6 is 0 Å². The minimum atomic E-state index is -0.139. The second-order valence-corrected chi connectivity index (χ2v) is 6.90. The smallest absolute Gasteiger partial charge is 0.318 e. The number of carbonyl (C=O) groups excluding carboxylic acids is 1. The molecule has 0 saturated carbocycles. The van der Waals surface area contributed by atoms with Crippen molar-refractivity contribution < 1.29 is 14.1 Å². The second-order valence-electron chi connectivity index (χ2n) is 6.90. The van der Waals surface area contributed by atoms with Crippen molar-refractivity contribution in [1.29, 1.82) is 0 Å². The zero-order chi connectivity index (χ0) is 18.4. The number of carbonyl (C=O) groups is 1. The molecule has 1 saturated heterocycles. The van der Waals surface area contributed by atoms with Crippen molar-refractivity contribution in [2.75, 3.05) is 13.2 Å². The van der Waals surface area contributed by atoms with E-state index in [1.807, 2.05) is 18.2 Å². The third-order valence-corrected chi connectivity index (χ3v) is 4.44. The van der Waals surface area contributed by atoms with Crippen LogP contribution < -0.4 is 5.32 Å². The number of rotatable bonds is 7. The Morgan fingerprint density at radius 1 is 1.38 bits per heavy atom. The summed E-state index contributed by atoms with van der Waals surface area (Å²) in [7, 11) is 0. The van der Waals surface area contributed by atoms with Crippen LogP contribution in [0.15, 0.2) is 35.1 Å². The van der Waals surface area contributed by atoms with Crippen LogP contribution in [0.5, 0.6) is 0 Å². The maximum Gasteiger partial charge on any atom is 0.318 e. The summed E-state index contributed by atoms with van der Waals surface area (Å²) in [5.74, 6) is 0.953. The molecule has 1 aliphatic rings. The topological polar surface area (TPSA) is 80.5 Å². The number of nitrogens with one attached hydrogen (secondary N) is 1. The van der Waals surface area contributed by atoms with E-state index in [2.05, 4.69) is 29.3 Å². The van der Waals surface area contributed by atoms with Gasteiger partial charge in [0.2, 0.25) is 0 Å². The molecule has 0 aliphatic carbocycles. The second kappa shape index (κ2) is 8.80. The first-order valence-corrected chi connectivity index (χ1v) is 9.10. The van der Waals surface area contributed by atoms with E-state index in [1.54, 1.807) is 17.3 Å². The normalized spacial score (nSPS) is 16.8. The van der Waals surface area contributed by atoms with Gasteiger partial charge in [-0.1, -0.05) is 19.0 Å². The van der Waals surface area contributed by atoms with E-state index in [4.69, 9.17) is 9.26 Å². The summed E-state index contributed by atoms with van der Waals surface area (Å²) in [5.41, 5.74) is 1.93. The van der Waals surface area contributed by atoms with Gasteiger partial charge in [-0.2, -0.15) is 0 Å². The number of aromatic nitrogens is 2. The van der Waals surface area contributed by atoms with E-state index in [1.165, 1.54) is 0 Å². The van der Waals surface area contributed by atoms with Crippen LogP contribution in [-0.2, 0) is 17.8 Å². The van der Waals surface area contributed by atoms with Crippen LogP contribution in [0.4, 0.5) is 4.79 Å². The van der Waals surface area contributed by atoms with Crippen LogP contribution in [0.3, 0.4) is 0 Å². The lowest BCUT2D eigenvalue weighted by molar-refractivity contribution is 0.0793. The first-order chi connectivity index (χ1) is 12.6. The third kappa shape index (κ3) is 5.05. The summed E-state index contributed by atoms with van der Waals surface area (Å²) in [4.78, 5) is 18.5. The molecule has 7 heteroatoms. The van der Waals surface area contributed by atoms with Gasteiger partial charge in [0.05, 0.1) is 18.3 Å². The van der Waals surface area contributed by atoms with Crippen molar-refractivity contribution in [3.63, 3.8) is 0 Å². The van der Waals surface area contributed by atoms with Gasteiger partial charge in [0.1, 0.15) is 0 Å². The molecule has 1 atom stereocenters. The quantitative estimate of drug-likeness (QED) is 0.823. The third-order valence-electron chi connectivity index (χ3n) is 4.44. The van der Waals surface area contributed by atoms with E-state index < -0.39 is 0 Å². The maximum absolute atomic E-state index is 12.7. The molecular formula is C19H26N4O3. The standard InChI is InChI=1S/C19H26N4O3/c1-14(2)18-10-17(26-22-18)11-21-19(24)23(13-16-4-3-9-25-16)12-15-5-7-20-8-6-15/h5-8,10,14,16H,3-4,9,11-13H2,1-2H3,(H,21,24). The van der Waals surface area contributed by atoms with Crippen molar-refractivity contribution in [3.05, 3.63) is 47.6 Å². The molecule has 0 aromatic carbocycles. The van der Waals surface area contributed by atoms with Gasteiger partial charge in [0.15, 0.2) is 5.76 Å². The Hall–Kier alpha value is -2.41. The average Bonchev–Trinajstić information content (AvgIpc) is 3.32. The van der Waals surface area contributed by atoms with Crippen LogP contribution in [0.2, 0.25) is 0 Å². The fourth-order valence-corrected chi connectivity index (χ4v) is 2.92. The highest BCUT2D eigenvalue weighted by Gasteiger charge is 2.23. The highest BCUT2D eigenvalue weighted by Crippen LogP contribution is 2.16. The van der Waals surface area contributed by atoms with Crippen molar-refractivity contribution in [1.82, 2.24) is 20.4 Å². The minimum absolute atomic E-state index is 0.0976. The lowest BCUT2D eigenvalue weighted by Gasteiger charge is -2.25. The molecular weight excluding hydrogens is 332 g/mol. The molecule has 2 aromatic rings. The van der Waals surface area contributed by atoms with Gasteiger partial charge in [-0.15, -0.1) is 0 Å². The predicted octanol–water partition coefficient (Wildman–Crippen LogP) is 3.08. The number of pyridine rings is 1.